The molecule has 0 bridgehead atoms. The molecule has 0 aliphatic heterocycles. The van der Waals surface area contributed by atoms with Gasteiger partial charge in [-0.1, -0.05) is 17.7 Å². The van der Waals surface area contributed by atoms with Crippen LogP contribution < -0.4 is 14.8 Å². The summed E-state index contributed by atoms with van der Waals surface area (Å²) in [5.74, 6) is 0.606. The van der Waals surface area contributed by atoms with Gasteiger partial charge in [-0.15, -0.1) is 0 Å². The smallest absolute Gasteiger partial charge is 0.240 e. The van der Waals surface area contributed by atoms with E-state index in [1.807, 2.05) is 26.1 Å². The number of hydrogen-bond acceptors (Lipinski definition) is 5. The van der Waals surface area contributed by atoms with Gasteiger partial charge in [0.2, 0.25) is 10.0 Å². The third-order valence-electron chi connectivity index (χ3n) is 3.43. The zero-order valence-corrected chi connectivity index (χ0v) is 14.5. The Labute approximate surface area is 142 Å². The molecule has 0 spiro atoms. The van der Waals surface area contributed by atoms with E-state index in [9.17, 15) is 13.5 Å². The number of anilines is 1. The molecule has 1 atom stereocenters. The normalized spacial score (nSPS) is 12.6. The van der Waals surface area contributed by atoms with Gasteiger partial charge in [-0.05, 0) is 43.3 Å². The fourth-order valence-corrected chi connectivity index (χ4v) is 3.05. The maximum absolute atomic E-state index is 12.1. The summed E-state index contributed by atoms with van der Waals surface area (Å²) in [6.45, 7) is 1.76. The number of sulfonamides is 1. The van der Waals surface area contributed by atoms with Crippen LogP contribution in [0, 0.1) is 6.92 Å². The molecule has 0 saturated carbocycles. The van der Waals surface area contributed by atoms with E-state index in [4.69, 9.17) is 4.74 Å². The van der Waals surface area contributed by atoms with Gasteiger partial charge in [0, 0.05) is 19.3 Å². The molecule has 7 heteroatoms. The van der Waals surface area contributed by atoms with E-state index in [1.54, 1.807) is 24.3 Å². The lowest BCUT2D eigenvalue weighted by Gasteiger charge is -2.14. The van der Waals surface area contributed by atoms with Crippen LogP contribution in [-0.2, 0) is 10.0 Å². The number of rotatable bonds is 8. The van der Waals surface area contributed by atoms with Crippen LogP contribution >= 0.6 is 0 Å². The molecule has 2 rings (SSSR count). The topological polar surface area (TPSA) is 87.7 Å². The van der Waals surface area contributed by atoms with Crippen molar-refractivity contribution < 1.29 is 18.3 Å². The number of ether oxygens (including phenoxy) is 1. The van der Waals surface area contributed by atoms with Crippen LogP contribution in [0.2, 0.25) is 0 Å². The Kier molecular flexibility index (Phi) is 6.19. The Balaban J connectivity index is 1.83. The number of nitrogens with one attached hydrogen (secondary N) is 2. The van der Waals surface area contributed by atoms with Crippen molar-refractivity contribution in [3.63, 3.8) is 0 Å². The summed E-state index contributed by atoms with van der Waals surface area (Å²) >= 11 is 0. The lowest BCUT2D eigenvalue weighted by Crippen LogP contribution is -2.35. The van der Waals surface area contributed by atoms with Crippen LogP contribution in [0.3, 0.4) is 0 Å². The van der Waals surface area contributed by atoms with E-state index in [0.717, 1.165) is 11.3 Å². The van der Waals surface area contributed by atoms with Gasteiger partial charge in [-0.2, -0.15) is 0 Å². The monoisotopic (exact) mass is 350 g/mol. The van der Waals surface area contributed by atoms with Gasteiger partial charge in [0.15, 0.2) is 0 Å². The van der Waals surface area contributed by atoms with Crippen LogP contribution in [0.4, 0.5) is 5.69 Å². The number of aryl methyl sites for hydroxylation is 1. The summed E-state index contributed by atoms with van der Waals surface area (Å²) in [5.41, 5.74) is 1.93. The standard InChI is InChI=1S/C17H22N2O4S/c1-13-3-9-17(10-4-13)24(21,22)19-11-15(20)12-23-16-7-5-14(18-2)6-8-16/h3-10,15,18-20H,11-12H2,1-2H3. The lowest BCUT2D eigenvalue weighted by molar-refractivity contribution is 0.111. The maximum atomic E-state index is 12.1. The fraction of sp³-hybridized carbons (Fsp3) is 0.294. The van der Waals surface area contributed by atoms with Crippen molar-refractivity contribution in [1.29, 1.82) is 0 Å². The molecule has 0 aliphatic rings. The van der Waals surface area contributed by atoms with Crippen molar-refractivity contribution in [2.45, 2.75) is 17.9 Å². The van der Waals surface area contributed by atoms with Crippen molar-refractivity contribution in [2.75, 3.05) is 25.5 Å². The van der Waals surface area contributed by atoms with E-state index < -0.39 is 16.1 Å². The molecular weight excluding hydrogens is 328 g/mol. The minimum atomic E-state index is -3.64. The van der Waals surface area contributed by atoms with Gasteiger partial charge < -0.3 is 15.2 Å². The number of aliphatic hydroxyl groups is 1. The molecular formula is C17H22N2O4S. The molecule has 0 fully saturated rings. The van der Waals surface area contributed by atoms with Crippen LogP contribution in [0.5, 0.6) is 5.75 Å². The van der Waals surface area contributed by atoms with Gasteiger partial charge in [-0.3, -0.25) is 0 Å². The molecule has 2 aromatic rings. The minimum absolute atomic E-state index is 0.00464. The highest BCUT2D eigenvalue weighted by molar-refractivity contribution is 7.89. The SMILES string of the molecule is CNc1ccc(OCC(O)CNS(=O)(=O)c2ccc(C)cc2)cc1. The number of benzene rings is 2. The summed E-state index contributed by atoms with van der Waals surface area (Å²) in [4.78, 5) is 0.170. The van der Waals surface area contributed by atoms with Gasteiger partial charge in [0.05, 0.1) is 4.90 Å². The van der Waals surface area contributed by atoms with E-state index in [2.05, 4.69) is 10.0 Å². The Hall–Kier alpha value is -2.09. The molecule has 0 aliphatic carbocycles. The first-order valence-corrected chi connectivity index (χ1v) is 9.04. The molecule has 0 heterocycles. The number of aliphatic hydroxyl groups excluding tert-OH is 1. The van der Waals surface area contributed by atoms with Crippen molar-refractivity contribution in [2.24, 2.45) is 0 Å². The van der Waals surface area contributed by atoms with Crippen molar-refractivity contribution >= 4 is 15.7 Å². The van der Waals surface area contributed by atoms with Crippen LogP contribution in [0.1, 0.15) is 5.56 Å². The Bertz CT molecular complexity index is 743. The zero-order valence-electron chi connectivity index (χ0n) is 13.7. The quantitative estimate of drug-likeness (QED) is 0.675. The second-order valence-corrected chi connectivity index (χ2v) is 7.17. The first kappa shape index (κ1) is 18.3. The molecule has 3 N–H and O–H groups in total. The first-order valence-electron chi connectivity index (χ1n) is 7.56. The molecule has 0 radical (unpaired) electrons. The zero-order chi connectivity index (χ0) is 17.6. The summed E-state index contributed by atoms with van der Waals surface area (Å²) in [7, 11) is -1.82. The van der Waals surface area contributed by atoms with Crippen molar-refractivity contribution in [3.05, 3.63) is 54.1 Å². The second-order valence-electron chi connectivity index (χ2n) is 5.40. The molecule has 0 saturated heterocycles. The average Bonchev–Trinajstić information content (AvgIpc) is 2.59. The largest absolute Gasteiger partial charge is 0.491 e. The van der Waals surface area contributed by atoms with Gasteiger partial charge in [-0.25, -0.2) is 13.1 Å². The van der Waals surface area contributed by atoms with E-state index in [-0.39, 0.29) is 18.0 Å². The van der Waals surface area contributed by atoms with Gasteiger partial charge >= 0.3 is 0 Å². The highest BCUT2D eigenvalue weighted by atomic mass is 32.2. The summed E-state index contributed by atoms with van der Waals surface area (Å²) in [6, 6.07) is 13.8. The lowest BCUT2D eigenvalue weighted by atomic mass is 10.2. The Morgan fingerprint density at radius 3 is 2.29 bits per heavy atom. The minimum Gasteiger partial charge on any atom is -0.491 e. The highest BCUT2D eigenvalue weighted by Gasteiger charge is 2.16. The van der Waals surface area contributed by atoms with Crippen LogP contribution in [0.15, 0.2) is 53.4 Å². The molecule has 0 amide bonds. The van der Waals surface area contributed by atoms with E-state index >= 15 is 0 Å². The molecule has 0 aromatic heterocycles. The van der Waals surface area contributed by atoms with E-state index in [0.29, 0.717) is 5.75 Å². The highest BCUT2D eigenvalue weighted by Crippen LogP contribution is 2.15. The van der Waals surface area contributed by atoms with Gasteiger partial charge in [0.1, 0.15) is 18.5 Å². The fourth-order valence-electron chi connectivity index (χ4n) is 1.98. The summed E-state index contributed by atoms with van der Waals surface area (Å²) < 4.78 is 32.1. The second kappa shape index (κ2) is 8.14. The molecule has 2 aromatic carbocycles. The Morgan fingerprint density at radius 2 is 1.71 bits per heavy atom. The molecule has 130 valence electrons. The Morgan fingerprint density at radius 1 is 1.08 bits per heavy atom. The predicted molar refractivity (Wildman–Crippen MR) is 93.9 cm³/mol. The van der Waals surface area contributed by atoms with Gasteiger partial charge in [0.25, 0.3) is 0 Å². The third-order valence-corrected chi connectivity index (χ3v) is 4.87. The molecule has 6 nitrogen and oxygen atoms in total. The van der Waals surface area contributed by atoms with Crippen molar-refractivity contribution in [1.82, 2.24) is 4.72 Å². The number of hydrogen-bond donors (Lipinski definition) is 3. The van der Waals surface area contributed by atoms with Crippen LogP contribution in [0.25, 0.3) is 0 Å². The third kappa shape index (κ3) is 5.23. The van der Waals surface area contributed by atoms with E-state index in [1.165, 1.54) is 12.1 Å². The van der Waals surface area contributed by atoms with Crippen molar-refractivity contribution in [3.8, 4) is 5.75 Å². The first-order chi connectivity index (χ1) is 11.4. The van der Waals surface area contributed by atoms with Crippen LogP contribution in [-0.4, -0.2) is 39.8 Å². The predicted octanol–water partition coefficient (Wildman–Crippen LogP) is 1.75. The summed E-state index contributed by atoms with van der Waals surface area (Å²) in [6.07, 6.45) is -0.950. The summed E-state index contributed by atoms with van der Waals surface area (Å²) in [5, 5.41) is 12.9. The maximum Gasteiger partial charge on any atom is 0.240 e. The molecule has 1 unspecified atom stereocenters. The average molecular weight is 350 g/mol. The molecule has 24 heavy (non-hydrogen) atoms.